The number of thiophene rings is 1. The average Bonchev–Trinajstić information content (AvgIpc) is 2.99. The van der Waals surface area contributed by atoms with Crippen molar-refractivity contribution < 1.29 is 14.3 Å². The molecule has 0 atom stereocenters. The minimum atomic E-state index is -0.376. The molecule has 0 radical (unpaired) electrons. The first-order valence-electron chi connectivity index (χ1n) is 6.32. The summed E-state index contributed by atoms with van der Waals surface area (Å²) in [5.41, 5.74) is 1.01. The summed E-state index contributed by atoms with van der Waals surface area (Å²) < 4.78 is 5.06. The number of hydrogen-bond acceptors (Lipinski definition) is 4. The molecule has 0 bridgehead atoms. The molecule has 1 aromatic carbocycles. The van der Waals surface area contributed by atoms with Crippen LogP contribution in [-0.2, 0) is 4.74 Å². The molecule has 104 valence electrons. The van der Waals surface area contributed by atoms with Gasteiger partial charge >= 0.3 is 5.97 Å². The van der Waals surface area contributed by atoms with Crippen molar-refractivity contribution in [2.75, 3.05) is 11.9 Å². The molecule has 1 amide bonds. The highest BCUT2D eigenvalue weighted by molar-refractivity contribution is 7.12. The highest BCUT2D eigenvalue weighted by Crippen LogP contribution is 2.15. The largest absolute Gasteiger partial charge is 0.462 e. The van der Waals surface area contributed by atoms with Crippen LogP contribution in [0, 0.1) is 0 Å². The lowest BCUT2D eigenvalue weighted by Gasteiger charge is -2.06. The molecule has 1 heterocycles. The third-order valence-electron chi connectivity index (χ3n) is 2.54. The quantitative estimate of drug-likeness (QED) is 0.856. The van der Waals surface area contributed by atoms with Crippen LogP contribution in [0.25, 0.3) is 0 Å². The van der Waals surface area contributed by atoms with E-state index in [0.29, 0.717) is 22.7 Å². The number of hydrogen-bond donors (Lipinski definition) is 1. The Bertz CT molecular complexity index is 593. The maximum absolute atomic E-state index is 11.9. The Morgan fingerprint density at radius 1 is 1.25 bits per heavy atom. The standard InChI is InChI=1S/C15H15NO3S/c1-2-8-19-15(18)11-5-3-6-12(10-11)16-14(17)13-7-4-9-20-13/h3-7,9-10H,2,8H2,1H3,(H,16,17). The maximum Gasteiger partial charge on any atom is 0.338 e. The van der Waals surface area contributed by atoms with Crippen molar-refractivity contribution >= 4 is 28.9 Å². The van der Waals surface area contributed by atoms with E-state index in [-0.39, 0.29) is 11.9 Å². The normalized spacial score (nSPS) is 10.1. The molecule has 5 heteroatoms. The van der Waals surface area contributed by atoms with Gasteiger partial charge in [-0.05, 0) is 36.1 Å². The predicted molar refractivity (Wildman–Crippen MR) is 79.3 cm³/mol. The molecule has 0 aliphatic heterocycles. The number of anilines is 1. The Morgan fingerprint density at radius 2 is 2.10 bits per heavy atom. The van der Waals surface area contributed by atoms with E-state index in [1.165, 1.54) is 11.3 Å². The summed E-state index contributed by atoms with van der Waals surface area (Å²) in [7, 11) is 0. The fraction of sp³-hybridized carbons (Fsp3) is 0.200. The molecule has 20 heavy (non-hydrogen) atoms. The van der Waals surface area contributed by atoms with Gasteiger partial charge in [0.25, 0.3) is 5.91 Å². The van der Waals surface area contributed by atoms with Gasteiger partial charge < -0.3 is 10.1 Å². The topological polar surface area (TPSA) is 55.4 Å². The van der Waals surface area contributed by atoms with E-state index < -0.39 is 0 Å². The van der Waals surface area contributed by atoms with Gasteiger partial charge in [0.15, 0.2) is 0 Å². The molecular weight excluding hydrogens is 274 g/mol. The van der Waals surface area contributed by atoms with Crippen molar-refractivity contribution in [3.63, 3.8) is 0 Å². The van der Waals surface area contributed by atoms with E-state index >= 15 is 0 Å². The molecule has 1 N–H and O–H groups in total. The van der Waals surface area contributed by atoms with Gasteiger partial charge in [-0.25, -0.2) is 4.79 Å². The SMILES string of the molecule is CCCOC(=O)c1cccc(NC(=O)c2cccs2)c1. The summed E-state index contributed by atoms with van der Waals surface area (Å²) in [5, 5.41) is 4.60. The number of esters is 1. The van der Waals surface area contributed by atoms with Gasteiger partial charge in [-0.3, -0.25) is 4.79 Å². The number of benzene rings is 1. The minimum Gasteiger partial charge on any atom is -0.462 e. The molecule has 1 aromatic heterocycles. The summed E-state index contributed by atoms with van der Waals surface area (Å²) in [6, 6.07) is 10.3. The second kappa shape index (κ2) is 6.86. The van der Waals surface area contributed by atoms with Crippen molar-refractivity contribution in [3.05, 3.63) is 52.2 Å². The van der Waals surface area contributed by atoms with E-state index in [0.717, 1.165) is 6.42 Å². The highest BCUT2D eigenvalue weighted by atomic mass is 32.1. The van der Waals surface area contributed by atoms with Crippen molar-refractivity contribution in [2.24, 2.45) is 0 Å². The molecule has 0 spiro atoms. The molecule has 2 rings (SSSR count). The molecule has 0 saturated carbocycles. The highest BCUT2D eigenvalue weighted by Gasteiger charge is 2.10. The van der Waals surface area contributed by atoms with Crippen LogP contribution < -0.4 is 5.32 Å². The second-order valence-corrected chi connectivity index (χ2v) is 5.10. The smallest absolute Gasteiger partial charge is 0.338 e. The molecule has 0 fully saturated rings. The third kappa shape index (κ3) is 3.68. The van der Waals surface area contributed by atoms with E-state index in [9.17, 15) is 9.59 Å². The Balaban J connectivity index is 2.06. The minimum absolute atomic E-state index is 0.181. The van der Waals surface area contributed by atoms with Crippen LogP contribution in [0.2, 0.25) is 0 Å². The Morgan fingerprint density at radius 3 is 2.80 bits per heavy atom. The van der Waals surface area contributed by atoms with Gasteiger partial charge in [0.2, 0.25) is 0 Å². The van der Waals surface area contributed by atoms with Crippen molar-refractivity contribution in [1.29, 1.82) is 0 Å². The van der Waals surface area contributed by atoms with Gasteiger partial charge in [-0.2, -0.15) is 0 Å². The van der Waals surface area contributed by atoms with Gasteiger partial charge in [-0.1, -0.05) is 19.1 Å². The molecule has 4 nitrogen and oxygen atoms in total. The summed E-state index contributed by atoms with van der Waals surface area (Å²) in [6.07, 6.45) is 0.778. The molecule has 2 aromatic rings. The molecule has 0 saturated heterocycles. The van der Waals surface area contributed by atoms with Crippen LogP contribution in [0.1, 0.15) is 33.4 Å². The zero-order chi connectivity index (χ0) is 14.4. The first-order valence-corrected chi connectivity index (χ1v) is 7.20. The monoisotopic (exact) mass is 289 g/mol. The van der Waals surface area contributed by atoms with Gasteiger partial charge in [-0.15, -0.1) is 11.3 Å². The van der Waals surface area contributed by atoms with Crippen LogP contribution in [-0.4, -0.2) is 18.5 Å². The molecule has 0 unspecified atom stereocenters. The van der Waals surface area contributed by atoms with Crippen molar-refractivity contribution in [3.8, 4) is 0 Å². The fourth-order valence-corrected chi connectivity index (χ4v) is 2.22. The zero-order valence-electron chi connectivity index (χ0n) is 11.1. The van der Waals surface area contributed by atoms with E-state index in [4.69, 9.17) is 4.74 Å². The lowest BCUT2D eigenvalue weighted by Crippen LogP contribution is -2.11. The van der Waals surface area contributed by atoms with Crippen LogP contribution >= 0.6 is 11.3 Å². The van der Waals surface area contributed by atoms with Crippen molar-refractivity contribution in [2.45, 2.75) is 13.3 Å². The number of nitrogens with one attached hydrogen (secondary N) is 1. The van der Waals surface area contributed by atoms with Crippen LogP contribution in [0.15, 0.2) is 41.8 Å². The predicted octanol–water partition coefficient (Wildman–Crippen LogP) is 3.57. The van der Waals surface area contributed by atoms with Crippen molar-refractivity contribution in [1.82, 2.24) is 0 Å². The molecular formula is C15H15NO3S. The van der Waals surface area contributed by atoms with E-state index in [1.54, 1.807) is 30.3 Å². The number of rotatable bonds is 5. The number of amides is 1. The molecule has 0 aliphatic rings. The lowest BCUT2D eigenvalue weighted by atomic mass is 10.2. The summed E-state index contributed by atoms with van der Waals surface area (Å²) in [6.45, 7) is 2.33. The first-order chi connectivity index (χ1) is 9.70. The summed E-state index contributed by atoms with van der Waals surface area (Å²) in [4.78, 5) is 24.3. The Hall–Kier alpha value is -2.14. The summed E-state index contributed by atoms with van der Waals surface area (Å²) >= 11 is 1.37. The zero-order valence-corrected chi connectivity index (χ0v) is 11.9. The van der Waals surface area contributed by atoms with E-state index in [1.807, 2.05) is 18.4 Å². The second-order valence-electron chi connectivity index (χ2n) is 4.15. The van der Waals surface area contributed by atoms with Crippen LogP contribution in [0.3, 0.4) is 0 Å². The lowest BCUT2D eigenvalue weighted by molar-refractivity contribution is 0.0505. The Labute approximate surface area is 121 Å². The van der Waals surface area contributed by atoms with Gasteiger partial charge in [0, 0.05) is 5.69 Å². The third-order valence-corrected chi connectivity index (χ3v) is 3.41. The van der Waals surface area contributed by atoms with Gasteiger partial charge in [0.1, 0.15) is 0 Å². The summed E-state index contributed by atoms with van der Waals surface area (Å²) in [5.74, 6) is -0.557. The number of carbonyl (C=O) groups is 2. The van der Waals surface area contributed by atoms with Crippen LogP contribution in [0.4, 0.5) is 5.69 Å². The van der Waals surface area contributed by atoms with Crippen LogP contribution in [0.5, 0.6) is 0 Å². The fourth-order valence-electron chi connectivity index (χ4n) is 1.60. The van der Waals surface area contributed by atoms with E-state index in [2.05, 4.69) is 5.32 Å². The number of ether oxygens (including phenoxy) is 1. The Kier molecular flexibility index (Phi) is 4.90. The maximum atomic E-state index is 11.9. The number of carbonyl (C=O) groups excluding carboxylic acids is 2. The van der Waals surface area contributed by atoms with Gasteiger partial charge in [0.05, 0.1) is 17.0 Å². The average molecular weight is 289 g/mol. The molecule has 0 aliphatic carbocycles. The first kappa shape index (κ1) is 14.3.